The van der Waals surface area contributed by atoms with Gasteiger partial charge in [0.05, 0.1) is 5.71 Å². The summed E-state index contributed by atoms with van der Waals surface area (Å²) in [5.74, 6) is 0. The van der Waals surface area contributed by atoms with Crippen LogP contribution in [-0.4, -0.2) is 11.9 Å². The van der Waals surface area contributed by atoms with Crippen LogP contribution in [0.2, 0.25) is 0 Å². The van der Waals surface area contributed by atoms with E-state index >= 15 is 0 Å². The Bertz CT molecular complexity index is 301. The van der Waals surface area contributed by atoms with Crippen LogP contribution in [-0.2, 0) is 0 Å². The zero-order valence-electron chi connectivity index (χ0n) is 9.86. The van der Waals surface area contributed by atoms with Gasteiger partial charge in [0, 0.05) is 6.21 Å². The highest BCUT2D eigenvalue weighted by Gasteiger charge is 2.08. The third-order valence-electron chi connectivity index (χ3n) is 3.13. The normalized spacial score (nSPS) is 27.8. The first-order chi connectivity index (χ1) is 7.97. The Morgan fingerprint density at radius 2 is 1.81 bits per heavy atom. The van der Waals surface area contributed by atoms with Crippen molar-refractivity contribution in [2.24, 2.45) is 10.2 Å². The Hall–Kier alpha value is -1.18. The second kappa shape index (κ2) is 6.41. The third-order valence-corrected chi connectivity index (χ3v) is 3.13. The van der Waals surface area contributed by atoms with Crippen LogP contribution in [0.1, 0.15) is 51.4 Å². The van der Waals surface area contributed by atoms with E-state index in [1.165, 1.54) is 49.8 Å². The first-order valence-electron chi connectivity index (χ1n) is 6.41. The summed E-state index contributed by atoms with van der Waals surface area (Å²) in [7, 11) is 0. The molecule has 2 nitrogen and oxygen atoms in total. The van der Waals surface area contributed by atoms with Gasteiger partial charge in [0.1, 0.15) is 0 Å². The Kier molecular flexibility index (Phi) is 4.53. The fraction of sp³-hybridized carbons (Fsp3) is 0.571. The molecule has 16 heavy (non-hydrogen) atoms. The smallest absolute Gasteiger partial charge is 0.0662 e. The highest BCUT2D eigenvalue weighted by Crippen LogP contribution is 2.18. The molecule has 0 amide bonds. The van der Waals surface area contributed by atoms with Crippen molar-refractivity contribution in [3.63, 3.8) is 0 Å². The molecule has 0 saturated carbocycles. The lowest BCUT2D eigenvalue weighted by atomic mass is 9.96. The second-order valence-corrected chi connectivity index (χ2v) is 4.46. The topological polar surface area (TPSA) is 24.7 Å². The second-order valence-electron chi connectivity index (χ2n) is 4.46. The van der Waals surface area contributed by atoms with Crippen molar-refractivity contribution in [3.8, 4) is 0 Å². The number of hydrogen-bond donors (Lipinski definition) is 0. The van der Waals surface area contributed by atoms with Crippen molar-refractivity contribution in [2.45, 2.75) is 51.4 Å². The molecule has 0 aromatic rings. The molecule has 86 valence electrons. The van der Waals surface area contributed by atoms with Crippen molar-refractivity contribution in [1.29, 1.82) is 0 Å². The molecule has 0 aromatic carbocycles. The van der Waals surface area contributed by atoms with E-state index in [1.54, 1.807) is 0 Å². The predicted molar refractivity (Wildman–Crippen MR) is 70.1 cm³/mol. The van der Waals surface area contributed by atoms with Gasteiger partial charge in [-0.05, 0) is 56.9 Å². The van der Waals surface area contributed by atoms with Gasteiger partial charge in [-0.2, -0.15) is 10.2 Å². The summed E-state index contributed by atoms with van der Waals surface area (Å²) < 4.78 is 0. The molecule has 1 aliphatic heterocycles. The molecule has 0 N–H and O–H groups in total. The van der Waals surface area contributed by atoms with Gasteiger partial charge in [-0.3, -0.25) is 0 Å². The molecule has 2 rings (SSSR count). The van der Waals surface area contributed by atoms with E-state index in [4.69, 9.17) is 0 Å². The maximum absolute atomic E-state index is 4.36. The Balaban J connectivity index is 2.13. The summed E-state index contributed by atoms with van der Waals surface area (Å²) in [6.07, 6.45) is 18.2. The van der Waals surface area contributed by atoms with E-state index in [2.05, 4.69) is 28.4 Å². The van der Waals surface area contributed by atoms with Gasteiger partial charge in [0.25, 0.3) is 0 Å². The maximum Gasteiger partial charge on any atom is 0.0662 e. The van der Waals surface area contributed by atoms with Crippen molar-refractivity contribution in [1.82, 2.24) is 0 Å². The number of hydrogen-bond acceptors (Lipinski definition) is 2. The van der Waals surface area contributed by atoms with E-state index in [-0.39, 0.29) is 0 Å². The average Bonchev–Trinajstić information content (AvgIpc) is 2.18. The molecule has 2 aliphatic rings. The standard InChI is InChI=1S/C14H20N2/c1-2-5-9-13(10-6-3-1)14-11-7-4-8-12-15-16-14/h2,5,9,12H,1,3-4,6-8,10-11H2/b5-2?,13-9?,15-12-,16-14+. The summed E-state index contributed by atoms with van der Waals surface area (Å²) in [5, 5.41) is 8.50. The lowest BCUT2D eigenvalue weighted by Crippen LogP contribution is -2.05. The van der Waals surface area contributed by atoms with E-state index in [0.717, 1.165) is 12.8 Å². The van der Waals surface area contributed by atoms with Gasteiger partial charge in [-0.15, -0.1) is 0 Å². The molecule has 2 heteroatoms. The van der Waals surface area contributed by atoms with Crippen molar-refractivity contribution in [2.75, 3.05) is 0 Å². The molecule has 0 unspecified atom stereocenters. The average molecular weight is 216 g/mol. The van der Waals surface area contributed by atoms with Crippen molar-refractivity contribution in [3.05, 3.63) is 23.8 Å². The minimum atomic E-state index is 1.08. The number of nitrogens with zero attached hydrogens (tertiary/aromatic N) is 2. The van der Waals surface area contributed by atoms with Crippen LogP contribution in [0, 0.1) is 0 Å². The molecule has 0 bridgehead atoms. The van der Waals surface area contributed by atoms with Crippen LogP contribution in [0.25, 0.3) is 0 Å². The van der Waals surface area contributed by atoms with E-state index in [1.807, 2.05) is 6.21 Å². The Labute approximate surface area is 97.9 Å². The molecule has 1 aliphatic carbocycles. The number of rotatable bonds is 1. The van der Waals surface area contributed by atoms with Crippen molar-refractivity contribution < 1.29 is 0 Å². The van der Waals surface area contributed by atoms with E-state index < -0.39 is 0 Å². The van der Waals surface area contributed by atoms with Crippen LogP contribution in [0.4, 0.5) is 0 Å². The maximum atomic E-state index is 4.36. The lowest BCUT2D eigenvalue weighted by molar-refractivity contribution is 0.740. The summed E-state index contributed by atoms with van der Waals surface area (Å²) in [6.45, 7) is 0. The first kappa shape index (κ1) is 11.3. The predicted octanol–water partition coefficient (Wildman–Crippen LogP) is 4.04. The first-order valence-corrected chi connectivity index (χ1v) is 6.41. The lowest BCUT2D eigenvalue weighted by Gasteiger charge is -2.12. The van der Waals surface area contributed by atoms with Gasteiger partial charge in [0.15, 0.2) is 0 Å². The third kappa shape index (κ3) is 3.44. The molecule has 1 heterocycles. The van der Waals surface area contributed by atoms with Crippen LogP contribution < -0.4 is 0 Å². The minimum Gasteiger partial charge on any atom is -0.163 e. The van der Waals surface area contributed by atoms with Crippen molar-refractivity contribution >= 4 is 11.9 Å². The van der Waals surface area contributed by atoms with Gasteiger partial charge < -0.3 is 0 Å². The molecule has 0 aromatic heterocycles. The zero-order chi connectivity index (χ0) is 11.1. The molecule has 0 spiro atoms. The molecule has 0 radical (unpaired) electrons. The fourth-order valence-corrected chi connectivity index (χ4v) is 2.15. The van der Waals surface area contributed by atoms with Crippen LogP contribution in [0.5, 0.6) is 0 Å². The quantitative estimate of drug-likeness (QED) is 0.632. The Morgan fingerprint density at radius 1 is 0.938 bits per heavy atom. The highest BCUT2D eigenvalue weighted by atomic mass is 15.2. The highest BCUT2D eigenvalue weighted by molar-refractivity contribution is 6.00. The largest absolute Gasteiger partial charge is 0.163 e. The summed E-state index contributed by atoms with van der Waals surface area (Å²) in [5.41, 5.74) is 2.61. The molecule has 0 atom stereocenters. The van der Waals surface area contributed by atoms with Crippen LogP contribution in [0.3, 0.4) is 0 Å². The SMILES string of the molecule is C1=CCCCCC(/C2=N/N=C\CCCC2)=C1. The monoisotopic (exact) mass is 216 g/mol. The van der Waals surface area contributed by atoms with Crippen LogP contribution >= 0.6 is 0 Å². The molecular weight excluding hydrogens is 196 g/mol. The van der Waals surface area contributed by atoms with Gasteiger partial charge in [-0.1, -0.05) is 18.2 Å². The molecular formula is C14H20N2. The van der Waals surface area contributed by atoms with Gasteiger partial charge in [-0.25, -0.2) is 0 Å². The summed E-state index contributed by atoms with van der Waals surface area (Å²) in [6, 6.07) is 0. The summed E-state index contributed by atoms with van der Waals surface area (Å²) >= 11 is 0. The number of allylic oxidation sites excluding steroid dienone is 4. The fourth-order valence-electron chi connectivity index (χ4n) is 2.15. The van der Waals surface area contributed by atoms with Crippen LogP contribution in [0.15, 0.2) is 34.0 Å². The van der Waals surface area contributed by atoms with E-state index in [0.29, 0.717) is 0 Å². The van der Waals surface area contributed by atoms with E-state index in [9.17, 15) is 0 Å². The molecule has 0 saturated heterocycles. The minimum absolute atomic E-state index is 1.08. The summed E-state index contributed by atoms with van der Waals surface area (Å²) in [4.78, 5) is 0. The zero-order valence-corrected chi connectivity index (χ0v) is 9.86. The molecule has 0 fully saturated rings. The van der Waals surface area contributed by atoms with Gasteiger partial charge in [0.2, 0.25) is 0 Å². The van der Waals surface area contributed by atoms with Gasteiger partial charge >= 0.3 is 0 Å². The Morgan fingerprint density at radius 3 is 2.81 bits per heavy atom.